The summed E-state index contributed by atoms with van der Waals surface area (Å²) >= 11 is 0. The molecule has 0 aliphatic rings. The van der Waals surface area contributed by atoms with E-state index < -0.39 is 6.09 Å². The van der Waals surface area contributed by atoms with Crippen molar-refractivity contribution in [2.24, 2.45) is 0 Å². The molecule has 0 unspecified atom stereocenters. The van der Waals surface area contributed by atoms with Crippen molar-refractivity contribution in [2.45, 2.75) is 0 Å². The second-order valence-electron chi connectivity index (χ2n) is 3.95. The van der Waals surface area contributed by atoms with E-state index in [2.05, 4.69) is 10.1 Å². The maximum Gasteiger partial charge on any atom is 0.411 e. The van der Waals surface area contributed by atoms with Gasteiger partial charge in [0.25, 0.3) is 0 Å². The molecule has 0 fully saturated rings. The van der Waals surface area contributed by atoms with Gasteiger partial charge in [-0.2, -0.15) is 0 Å². The minimum Gasteiger partial charge on any atom is -0.453 e. The molecule has 3 nitrogen and oxygen atoms in total. The minimum atomic E-state index is -0.472. The van der Waals surface area contributed by atoms with Gasteiger partial charge < -0.3 is 4.74 Å². The smallest absolute Gasteiger partial charge is 0.411 e. The summed E-state index contributed by atoms with van der Waals surface area (Å²) in [5.74, 6) is 0. The van der Waals surface area contributed by atoms with Crippen LogP contribution in [0.3, 0.4) is 0 Å². The summed E-state index contributed by atoms with van der Waals surface area (Å²) in [6.45, 7) is 0. The second kappa shape index (κ2) is 6.40. The Balaban J connectivity index is 2.20. The van der Waals surface area contributed by atoms with Crippen LogP contribution in [0.1, 0.15) is 11.1 Å². The lowest BCUT2D eigenvalue weighted by Crippen LogP contribution is -2.11. The van der Waals surface area contributed by atoms with Crippen LogP contribution in [0.2, 0.25) is 0 Å². The maximum atomic E-state index is 11.3. The van der Waals surface area contributed by atoms with E-state index >= 15 is 0 Å². The molecule has 3 heteroatoms. The Morgan fingerprint density at radius 3 is 2.42 bits per heavy atom. The van der Waals surface area contributed by atoms with Crippen LogP contribution >= 0.6 is 0 Å². The van der Waals surface area contributed by atoms with Gasteiger partial charge in [0.2, 0.25) is 0 Å². The van der Waals surface area contributed by atoms with Crippen molar-refractivity contribution < 1.29 is 9.53 Å². The van der Waals surface area contributed by atoms with E-state index in [4.69, 9.17) is 0 Å². The number of anilines is 1. The molecule has 2 aromatic rings. The predicted octanol–water partition coefficient (Wildman–Crippen LogP) is 4.04. The van der Waals surface area contributed by atoms with Crippen LogP contribution in [0.25, 0.3) is 12.2 Å². The topological polar surface area (TPSA) is 38.3 Å². The summed E-state index contributed by atoms with van der Waals surface area (Å²) < 4.78 is 4.60. The highest BCUT2D eigenvalue weighted by Crippen LogP contribution is 2.18. The molecule has 0 aliphatic heterocycles. The largest absolute Gasteiger partial charge is 0.453 e. The number of methoxy groups -OCH3 is 1. The molecule has 0 bridgehead atoms. The number of amides is 1. The summed E-state index contributed by atoms with van der Waals surface area (Å²) in [6, 6.07) is 17.5. The monoisotopic (exact) mass is 253 g/mol. The number of nitrogens with one attached hydrogen (secondary N) is 1. The van der Waals surface area contributed by atoms with Crippen LogP contribution in [0.4, 0.5) is 10.5 Å². The van der Waals surface area contributed by atoms with Gasteiger partial charge in [0.05, 0.1) is 12.8 Å². The quantitative estimate of drug-likeness (QED) is 0.838. The van der Waals surface area contributed by atoms with Crippen molar-refractivity contribution in [3.63, 3.8) is 0 Å². The number of benzene rings is 2. The molecule has 0 radical (unpaired) electrons. The molecule has 2 rings (SSSR count). The molecule has 0 saturated carbocycles. The van der Waals surface area contributed by atoms with Gasteiger partial charge in [-0.15, -0.1) is 0 Å². The molecule has 0 heterocycles. The summed E-state index contributed by atoms with van der Waals surface area (Å²) in [5, 5.41) is 2.68. The molecule has 1 amide bonds. The molecular weight excluding hydrogens is 238 g/mol. The lowest BCUT2D eigenvalue weighted by Gasteiger charge is -2.06. The van der Waals surface area contributed by atoms with Gasteiger partial charge in [0.1, 0.15) is 0 Å². The minimum absolute atomic E-state index is 0.472. The van der Waals surface area contributed by atoms with E-state index in [1.807, 2.05) is 66.7 Å². The first kappa shape index (κ1) is 12.9. The van der Waals surface area contributed by atoms with Crippen molar-refractivity contribution in [3.8, 4) is 0 Å². The number of carbonyl (C=O) groups excluding carboxylic acids is 1. The Labute approximate surface area is 112 Å². The summed E-state index contributed by atoms with van der Waals surface area (Å²) in [6.07, 6.45) is 3.49. The fraction of sp³-hybridized carbons (Fsp3) is 0.0625. The van der Waals surface area contributed by atoms with Gasteiger partial charge in [-0.25, -0.2) is 4.79 Å². The van der Waals surface area contributed by atoms with E-state index in [-0.39, 0.29) is 0 Å². The van der Waals surface area contributed by atoms with Gasteiger partial charge in [0, 0.05) is 0 Å². The number of ether oxygens (including phenoxy) is 1. The van der Waals surface area contributed by atoms with Crippen LogP contribution in [0.15, 0.2) is 54.6 Å². The van der Waals surface area contributed by atoms with Crippen LogP contribution in [-0.2, 0) is 4.74 Å². The van der Waals surface area contributed by atoms with Crippen molar-refractivity contribution in [1.82, 2.24) is 0 Å². The zero-order chi connectivity index (χ0) is 13.5. The first-order valence-corrected chi connectivity index (χ1v) is 5.97. The first-order valence-electron chi connectivity index (χ1n) is 5.97. The van der Waals surface area contributed by atoms with Crippen molar-refractivity contribution >= 4 is 23.9 Å². The highest BCUT2D eigenvalue weighted by atomic mass is 16.5. The molecule has 0 aromatic heterocycles. The highest BCUT2D eigenvalue weighted by Gasteiger charge is 2.03. The normalized spacial score (nSPS) is 10.4. The van der Waals surface area contributed by atoms with E-state index in [1.54, 1.807) is 0 Å². The number of rotatable bonds is 3. The van der Waals surface area contributed by atoms with Gasteiger partial charge in [-0.05, 0) is 17.2 Å². The van der Waals surface area contributed by atoms with Gasteiger partial charge in [-0.3, -0.25) is 5.32 Å². The van der Waals surface area contributed by atoms with Crippen LogP contribution in [-0.4, -0.2) is 13.2 Å². The molecule has 0 saturated heterocycles. The van der Waals surface area contributed by atoms with Crippen molar-refractivity contribution in [3.05, 3.63) is 65.7 Å². The average molecular weight is 253 g/mol. The lowest BCUT2D eigenvalue weighted by atomic mass is 10.1. The Kier molecular flexibility index (Phi) is 4.34. The summed E-state index contributed by atoms with van der Waals surface area (Å²) in [5.41, 5.74) is 2.76. The Bertz CT molecular complexity index is 576. The number of para-hydroxylation sites is 1. The third-order valence-electron chi connectivity index (χ3n) is 2.64. The number of hydrogen-bond donors (Lipinski definition) is 1. The van der Waals surface area contributed by atoms with E-state index in [0.29, 0.717) is 0 Å². The highest BCUT2D eigenvalue weighted by molar-refractivity contribution is 5.89. The molecule has 1 N–H and O–H groups in total. The fourth-order valence-electron chi connectivity index (χ4n) is 1.67. The molecular formula is C16H15NO2. The Morgan fingerprint density at radius 1 is 1.00 bits per heavy atom. The molecule has 2 aromatic carbocycles. The Hall–Kier alpha value is -2.55. The Morgan fingerprint density at radius 2 is 1.68 bits per heavy atom. The molecule has 19 heavy (non-hydrogen) atoms. The SMILES string of the molecule is COC(=O)Nc1ccccc1/C=C\c1ccccc1. The van der Waals surface area contributed by atoms with Crippen molar-refractivity contribution in [2.75, 3.05) is 12.4 Å². The standard InChI is InChI=1S/C16H15NO2/c1-19-16(18)17-15-10-6-5-9-14(15)12-11-13-7-3-2-4-8-13/h2-12H,1H3,(H,17,18)/b12-11-. The van der Waals surface area contributed by atoms with Crippen LogP contribution in [0.5, 0.6) is 0 Å². The first-order chi connectivity index (χ1) is 9.29. The third kappa shape index (κ3) is 3.71. The lowest BCUT2D eigenvalue weighted by molar-refractivity contribution is 0.187. The molecule has 0 spiro atoms. The molecule has 96 valence electrons. The van der Waals surface area contributed by atoms with E-state index in [9.17, 15) is 4.79 Å². The summed E-state index contributed by atoms with van der Waals surface area (Å²) in [4.78, 5) is 11.3. The van der Waals surface area contributed by atoms with Gasteiger partial charge in [-0.1, -0.05) is 60.7 Å². The van der Waals surface area contributed by atoms with Crippen molar-refractivity contribution in [1.29, 1.82) is 0 Å². The maximum absolute atomic E-state index is 11.3. The third-order valence-corrected chi connectivity index (χ3v) is 2.64. The number of carbonyl (C=O) groups is 1. The van der Waals surface area contributed by atoms with Gasteiger partial charge >= 0.3 is 6.09 Å². The van der Waals surface area contributed by atoms with E-state index in [1.165, 1.54) is 7.11 Å². The second-order valence-corrected chi connectivity index (χ2v) is 3.95. The van der Waals surface area contributed by atoms with Gasteiger partial charge in [0.15, 0.2) is 0 Å². The van der Waals surface area contributed by atoms with Crippen LogP contribution < -0.4 is 5.32 Å². The predicted molar refractivity (Wildman–Crippen MR) is 77.8 cm³/mol. The average Bonchev–Trinajstić information content (AvgIpc) is 2.47. The zero-order valence-corrected chi connectivity index (χ0v) is 10.7. The zero-order valence-electron chi connectivity index (χ0n) is 10.7. The number of hydrogen-bond acceptors (Lipinski definition) is 2. The van der Waals surface area contributed by atoms with Crippen LogP contribution in [0, 0.1) is 0 Å². The molecule has 0 aliphatic carbocycles. The van der Waals surface area contributed by atoms with E-state index in [0.717, 1.165) is 16.8 Å². The fourth-order valence-corrected chi connectivity index (χ4v) is 1.67. The molecule has 0 atom stereocenters. The summed E-state index contributed by atoms with van der Waals surface area (Å²) in [7, 11) is 1.34.